The maximum Gasteiger partial charge on any atom is 0.0433 e. The largest absolute Gasteiger partial charge is 0.396 e. The summed E-state index contributed by atoms with van der Waals surface area (Å²) in [6.45, 7) is 6.78. The van der Waals surface area contributed by atoms with E-state index in [9.17, 15) is 0 Å². The summed E-state index contributed by atoms with van der Waals surface area (Å²) < 4.78 is 0. The van der Waals surface area contributed by atoms with Gasteiger partial charge in [-0.2, -0.15) is 0 Å². The SMILES string of the molecule is CC=C(CC)CC(C)CCO. The highest BCUT2D eigenvalue weighted by atomic mass is 16.2. The van der Waals surface area contributed by atoms with E-state index in [1.165, 1.54) is 5.57 Å². The molecule has 0 aliphatic heterocycles. The highest BCUT2D eigenvalue weighted by Crippen LogP contribution is 2.16. The van der Waals surface area contributed by atoms with E-state index >= 15 is 0 Å². The molecule has 0 bridgehead atoms. The quantitative estimate of drug-likeness (QED) is 0.607. The molecule has 0 aromatic rings. The van der Waals surface area contributed by atoms with Gasteiger partial charge >= 0.3 is 0 Å². The van der Waals surface area contributed by atoms with Gasteiger partial charge in [-0.1, -0.05) is 25.5 Å². The van der Waals surface area contributed by atoms with Crippen LogP contribution in [0, 0.1) is 5.92 Å². The van der Waals surface area contributed by atoms with Crippen LogP contribution < -0.4 is 0 Å². The summed E-state index contributed by atoms with van der Waals surface area (Å²) in [6, 6.07) is 0. The zero-order valence-electron chi connectivity index (χ0n) is 7.93. The van der Waals surface area contributed by atoms with Crippen molar-refractivity contribution in [2.24, 2.45) is 5.92 Å². The summed E-state index contributed by atoms with van der Waals surface area (Å²) in [5.41, 5.74) is 1.51. The van der Waals surface area contributed by atoms with Gasteiger partial charge in [0.25, 0.3) is 0 Å². The highest BCUT2D eigenvalue weighted by Gasteiger charge is 2.02. The number of hydrogen-bond acceptors (Lipinski definition) is 1. The van der Waals surface area contributed by atoms with Crippen molar-refractivity contribution in [3.05, 3.63) is 11.6 Å². The molecule has 0 aliphatic carbocycles. The molecule has 1 heteroatoms. The molecule has 0 fully saturated rings. The van der Waals surface area contributed by atoms with Crippen LogP contribution in [0.2, 0.25) is 0 Å². The fourth-order valence-electron chi connectivity index (χ4n) is 1.24. The van der Waals surface area contributed by atoms with Crippen molar-refractivity contribution in [3.8, 4) is 0 Å². The minimum Gasteiger partial charge on any atom is -0.396 e. The van der Waals surface area contributed by atoms with E-state index < -0.39 is 0 Å². The lowest BCUT2D eigenvalue weighted by Crippen LogP contribution is -1.99. The van der Waals surface area contributed by atoms with Crippen molar-refractivity contribution >= 4 is 0 Å². The summed E-state index contributed by atoms with van der Waals surface area (Å²) in [5.74, 6) is 0.631. The molecule has 0 amide bonds. The van der Waals surface area contributed by atoms with Crippen LogP contribution in [0.25, 0.3) is 0 Å². The van der Waals surface area contributed by atoms with Crippen LogP contribution in [0.15, 0.2) is 11.6 Å². The highest BCUT2D eigenvalue weighted by molar-refractivity contribution is 4.99. The molecule has 1 nitrogen and oxygen atoms in total. The van der Waals surface area contributed by atoms with Gasteiger partial charge < -0.3 is 5.11 Å². The van der Waals surface area contributed by atoms with Crippen molar-refractivity contribution in [1.82, 2.24) is 0 Å². The molecule has 0 rings (SSSR count). The van der Waals surface area contributed by atoms with E-state index in [0.717, 1.165) is 19.3 Å². The van der Waals surface area contributed by atoms with Crippen LogP contribution in [-0.4, -0.2) is 11.7 Å². The van der Waals surface area contributed by atoms with E-state index in [-0.39, 0.29) is 0 Å². The molecule has 1 unspecified atom stereocenters. The number of hydrogen-bond donors (Lipinski definition) is 1. The second-order valence-corrected chi connectivity index (χ2v) is 3.12. The third-order valence-corrected chi connectivity index (χ3v) is 2.09. The van der Waals surface area contributed by atoms with E-state index in [2.05, 4.69) is 26.8 Å². The predicted molar refractivity (Wildman–Crippen MR) is 49.5 cm³/mol. The first kappa shape index (κ1) is 10.7. The molecule has 66 valence electrons. The Labute approximate surface area is 70.1 Å². The van der Waals surface area contributed by atoms with Gasteiger partial charge in [0.15, 0.2) is 0 Å². The fourth-order valence-corrected chi connectivity index (χ4v) is 1.24. The minimum absolute atomic E-state index is 0.321. The smallest absolute Gasteiger partial charge is 0.0433 e. The van der Waals surface area contributed by atoms with Crippen molar-refractivity contribution in [2.75, 3.05) is 6.61 Å². The molecule has 0 aliphatic rings. The Kier molecular flexibility index (Phi) is 6.24. The van der Waals surface area contributed by atoms with Crippen LogP contribution in [-0.2, 0) is 0 Å². The normalized spacial score (nSPS) is 15.1. The first-order valence-corrected chi connectivity index (χ1v) is 4.49. The summed E-state index contributed by atoms with van der Waals surface area (Å²) >= 11 is 0. The average Bonchev–Trinajstić information content (AvgIpc) is 2.01. The lowest BCUT2D eigenvalue weighted by Gasteiger charge is -2.10. The molecule has 0 saturated carbocycles. The standard InChI is InChI=1S/C10H20O/c1-4-10(5-2)8-9(3)6-7-11/h4,9,11H,5-8H2,1-3H3. The van der Waals surface area contributed by atoms with Gasteiger partial charge in [0.2, 0.25) is 0 Å². The average molecular weight is 156 g/mol. The van der Waals surface area contributed by atoms with Crippen molar-refractivity contribution in [1.29, 1.82) is 0 Å². The Balaban J connectivity index is 3.63. The van der Waals surface area contributed by atoms with Gasteiger partial charge in [-0.25, -0.2) is 0 Å². The molecule has 0 radical (unpaired) electrons. The molecule has 0 spiro atoms. The van der Waals surface area contributed by atoms with Crippen LogP contribution in [0.1, 0.15) is 40.0 Å². The topological polar surface area (TPSA) is 20.2 Å². The molecule has 0 saturated heterocycles. The number of aliphatic hydroxyl groups is 1. The Morgan fingerprint density at radius 1 is 1.55 bits per heavy atom. The van der Waals surface area contributed by atoms with E-state index in [4.69, 9.17) is 5.11 Å². The second kappa shape index (κ2) is 6.41. The number of aliphatic hydroxyl groups excluding tert-OH is 1. The maximum absolute atomic E-state index is 8.68. The summed E-state index contributed by atoms with van der Waals surface area (Å²) in [7, 11) is 0. The Morgan fingerprint density at radius 3 is 2.55 bits per heavy atom. The van der Waals surface area contributed by atoms with Gasteiger partial charge in [-0.3, -0.25) is 0 Å². The molecule has 1 atom stereocenters. The fraction of sp³-hybridized carbons (Fsp3) is 0.800. The van der Waals surface area contributed by atoms with Crippen molar-refractivity contribution in [3.63, 3.8) is 0 Å². The lowest BCUT2D eigenvalue weighted by atomic mass is 9.97. The summed E-state index contributed by atoms with van der Waals surface area (Å²) in [6.07, 6.45) is 5.41. The second-order valence-electron chi connectivity index (χ2n) is 3.12. The van der Waals surface area contributed by atoms with Crippen molar-refractivity contribution in [2.45, 2.75) is 40.0 Å². The zero-order chi connectivity index (χ0) is 8.69. The third kappa shape index (κ3) is 5.02. The predicted octanol–water partition coefficient (Wildman–Crippen LogP) is 2.75. The van der Waals surface area contributed by atoms with Gasteiger partial charge in [0, 0.05) is 6.61 Å². The number of rotatable bonds is 5. The third-order valence-electron chi connectivity index (χ3n) is 2.09. The van der Waals surface area contributed by atoms with Crippen LogP contribution in [0.3, 0.4) is 0 Å². The van der Waals surface area contributed by atoms with Crippen LogP contribution in [0.4, 0.5) is 0 Å². The Morgan fingerprint density at radius 2 is 2.18 bits per heavy atom. The molecule has 1 N–H and O–H groups in total. The van der Waals surface area contributed by atoms with Gasteiger partial charge in [0.1, 0.15) is 0 Å². The lowest BCUT2D eigenvalue weighted by molar-refractivity contribution is 0.262. The molecular formula is C10H20O. The molecule has 0 aromatic heterocycles. The first-order valence-electron chi connectivity index (χ1n) is 4.49. The number of allylic oxidation sites excluding steroid dienone is 2. The molecular weight excluding hydrogens is 136 g/mol. The summed E-state index contributed by atoms with van der Waals surface area (Å²) in [5, 5.41) is 8.68. The van der Waals surface area contributed by atoms with Gasteiger partial charge in [0.05, 0.1) is 0 Å². The first-order chi connectivity index (χ1) is 5.24. The minimum atomic E-state index is 0.321. The monoisotopic (exact) mass is 156 g/mol. The van der Waals surface area contributed by atoms with Gasteiger partial charge in [-0.15, -0.1) is 0 Å². The van der Waals surface area contributed by atoms with E-state index in [1.54, 1.807) is 0 Å². The zero-order valence-corrected chi connectivity index (χ0v) is 7.93. The molecule has 0 aromatic carbocycles. The molecule has 11 heavy (non-hydrogen) atoms. The van der Waals surface area contributed by atoms with E-state index in [1.807, 2.05) is 0 Å². The maximum atomic E-state index is 8.68. The Hall–Kier alpha value is -0.300. The van der Waals surface area contributed by atoms with Crippen LogP contribution in [0.5, 0.6) is 0 Å². The van der Waals surface area contributed by atoms with Crippen LogP contribution >= 0.6 is 0 Å². The van der Waals surface area contributed by atoms with Crippen molar-refractivity contribution < 1.29 is 5.11 Å². The molecule has 0 heterocycles. The van der Waals surface area contributed by atoms with Gasteiger partial charge in [-0.05, 0) is 32.1 Å². The Bertz CT molecular complexity index is 116. The van der Waals surface area contributed by atoms with E-state index in [0.29, 0.717) is 12.5 Å². The summed E-state index contributed by atoms with van der Waals surface area (Å²) in [4.78, 5) is 0.